The zero-order valence-electron chi connectivity index (χ0n) is 18.1. The maximum Gasteiger partial charge on any atom is 0.247 e. The minimum absolute atomic E-state index is 0.0707. The minimum Gasteiger partial charge on any atom is -0.487 e. The average molecular weight is 443 g/mol. The molecule has 0 N–H and O–H groups in total. The van der Waals surface area contributed by atoms with Gasteiger partial charge >= 0.3 is 0 Å². The predicted molar refractivity (Wildman–Crippen MR) is 119 cm³/mol. The van der Waals surface area contributed by atoms with E-state index < -0.39 is 10.0 Å². The van der Waals surface area contributed by atoms with E-state index >= 15 is 0 Å². The van der Waals surface area contributed by atoms with Gasteiger partial charge in [0.25, 0.3) is 0 Å². The Hall–Kier alpha value is -2.38. The molecule has 1 amide bonds. The molecule has 2 heterocycles. The summed E-state index contributed by atoms with van der Waals surface area (Å²) in [5, 5.41) is 0. The van der Waals surface area contributed by atoms with E-state index in [1.807, 2.05) is 49.1 Å². The second-order valence-electron chi connectivity index (χ2n) is 8.76. The minimum atomic E-state index is -3.68. The van der Waals surface area contributed by atoms with Crippen molar-refractivity contribution in [2.75, 3.05) is 19.6 Å². The number of hydrogen-bond acceptors (Lipinski definition) is 4. The van der Waals surface area contributed by atoms with Crippen molar-refractivity contribution in [3.05, 3.63) is 60.2 Å². The van der Waals surface area contributed by atoms with Gasteiger partial charge in [0, 0.05) is 26.1 Å². The molecular weight excluding hydrogens is 412 g/mol. The summed E-state index contributed by atoms with van der Waals surface area (Å²) in [5.74, 6) is 0.661. The molecule has 1 saturated heterocycles. The van der Waals surface area contributed by atoms with Crippen molar-refractivity contribution < 1.29 is 17.9 Å². The molecular formula is C24H30N2O4S. The van der Waals surface area contributed by atoms with Crippen LogP contribution in [-0.2, 0) is 21.2 Å². The summed E-state index contributed by atoms with van der Waals surface area (Å²) in [7, 11) is -3.68. The molecule has 166 valence electrons. The number of hydrogen-bond donors (Lipinski definition) is 0. The Bertz CT molecular complexity index is 1020. The average Bonchev–Trinajstić information content (AvgIpc) is 2.99. The van der Waals surface area contributed by atoms with Crippen LogP contribution in [0.5, 0.6) is 5.75 Å². The molecule has 2 aliphatic rings. The lowest BCUT2D eigenvalue weighted by molar-refractivity contribution is -0.130. The Morgan fingerprint density at radius 2 is 1.71 bits per heavy atom. The lowest BCUT2D eigenvalue weighted by Crippen LogP contribution is -2.48. The molecule has 2 aromatic carbocycles. The Morgan fingerprint density at radius 1 is 1.03 bits per heavy atom. The number of para-hydroxylation sites is 1. The van der Waals surface area contributed by atoms with Gasteiger partial charge in [0.1, 0.15) is 16.7 Å². The normalized spacial score (nSPS) is 23.3. The number of fused-ring (bicyclic) bond motifs is 2. The van der Waals surface area contributed by atoms with Crippen molar-refractivity contribution in [2.24, 2.45) is 5.92 Å². The lowest BCUT2D eigenvalue weighted by Gasteiger charge is -2.32. The summed E-state index contributed by atoms with van der Waals surface area (Å²) < 4.78 is 35.0. The summed E-state index contributed by atoms with van der Waals surface area (Å²) in [4.78, 5) is 15.0. The fourth-order valence-electron chi connectivity index (χ4n) is 4.48. The number of ether oxygens (including phenoxy) is 1. The van der Waals surface area contributed by atoms with Gasteiger partial charge in [-0.15, -0.1) is 0 Å². The molecule has 31 heavy (non-hydrogen) atoms. The van der Waals surface area contributed by atoms with Gasteiger partial charge in [-0.1, -0.05) is 56.3 Å². The van der Waals surface area contributed by atoms with Crippen LogP contribution in [-0.4, -0.2) is 55.3 Å². The Morgan fingerprint density at radius 3 is 2.45 bits per heavy atom. The third-order valence-corrected chi connectivity index (χ3v) is 7.92. The fraction of sp³-hybridized carbons (Fsp3) is 0.458. The van der Waals surface area contributed by atoms with Gasteiger partial charge in [-0.05, 0) is 30.0 Å². The van der Waals surface area contributed by atoms with Crippen LogP contribution in [0.1, 0.15) is 32.3 Å². The monoisotopic (exact) mass is 442 g/mol. The third-order valence-electron chi connectivity index (χ3n) is 5.99. The standard InChI is InChI=1S/C24H30N2O4S/c1-18(2)17-26-20-12-14-25(24(27)16-19-8-4-3-5-9-19)15-13-21(20)30-22-10-6-7-11-23(22)31(26,28)29/h3-11,18,20-21H,12-17H2,1-2H3/t20-,21-/m1/s1. The van der Waals surface area contributed by atoms with Crippen molar-refractivity contribution >= 4 is 15.9 Å². The molecule has 7 heteroatoms. The zero-order valence-corrected chi connectivity index (χ0v) is 18.9. The second kappa shape index (κ2) is 9.01. The molecule has 0 aliphatic carbocycles. The van der Waals surface area contributed by atoms with Crippen LogP contribution in [0.3, 0.4) is 0 Å². The Labute approximate surface area is 184 Å². The molecule has 0 spiro atoms. The van der Waals surface area contributed by atoms with E-state index in [1.54, 1.807) is 28.6 Å². The Kier molecular flexibility index (Phi) is 6.34. The highest BCUT2D eigenvalue weighted by molar-refractivity contribution is 7.89. The maximum atomic E-state index is 13.5. The number of carbonyl (C=O) groups excluding carboxylic acids is 1. The quantitative estimate of drug-likeness (QED) is 0.729. The van der Waals surface area contributed by atoms with Gasteiger partial charge in [-0.3, -0.25) is 4.79 Å². The van der Waals surface area contributed by atoms with Crippen molar-refractivity contribution in [1.29, 1.82) is 0 Å². The van der Waals surface area contributed by atoms with E-state index in [-0.39, 0.29) is 28.9 Å². The smallest absolute Gasteiger partial charge is 0.247 e. The first-order valence-electron chi connectivity index (χ1n) is 11.0. The van der Waals surface area contributed by atoms with Crippen LogP contribution in [0.2, 0.25) is 0 Å². The van der Waals surface area contributed by atoms with Gasteiger partial charge in [0.2, 0.25) is 15.9 Å². The zero-order chi connectivity index (χ0) is 22.0. The van der Waals surface area contributed by atoms with E-state index in [0.29, 0.717) is 44.6 Å². The molecule has 0 unspecified atom stereocenters. The van der Waals surface area contributed by atoms with E-state index in [0.717, 1.165) is 5.56 Å². The predicted octanol–water partition coefficient (Wildman–Crippen LogP) is 3.33. The molecule has 0 radical (unpaired) electrons. The number of carbonyl (C=O) groups is 1. The highest BCUT2D eigenvalue weighted by Gasteiger charge is 2.43. The number of nitrogens with zero attached hydrogens (tertiary/aromatic N) is 2. The first-order valence-corrected chi connectivity index (χ1v) is 12.4. The molecule has 1 fully saturated rings. The van der Waals surface area contributed by atoms with Crippen LogP contribution in [0.4, 0.5) is 0 Å². The van der Waals surface area contributed by atoms with Crippen molar-refractivity contribution in [3.8, 4) is 5.75 Å². The largest absolute Gasteiger partial charge is 0.487 e. The summed E-state index contributed by atoms with van der Waals surface area (Å²) in [5.41, 5.74) is 0.986. The molecule has 0 bridgehead atoms. The summed E-state index contributed by atoms with van der Waals surface area (Å²) in [6, 6.07) is 16.3. The summed E-state index contributed by atoms with van der Waals surface area (Å²) in [6.07, 6.45) is 1.23. The highest BCUT2D eigenvalue weighted by atomic mass is 32.2. The topological polar surface area (TPSA) is 66.9 Å². The molecule has 6 nitrogen and oxygen atoms in total. The van der Waals surface area contributed by atoms with Gasteiger partial charge in [-0.25, -0.2) is 8.42 Å². The first-order chi connectivity index (χ1) is 14.9. The third kappa shape index (κ3) is 4.62. The van der Waals surface area contributed by atoms with Gasteiger partial charge in [0.15, 0.2) is 0 Å². The van der Waals surface area contributed by atoms with Crippen LogP contribution < -0.4 is 4.74 Å². The molecule has 0 saturated carbocycles. The molecule has 2 aliphatic heterocycles. The Balaban J connectivity index is 1.60. The number of amides is 1. The van der Waals surface area contributed by atoms with Crippen LogP contribution in [0.15, 0.2) is 59.5 Å². The number of likely N-dealkylation sites (tertiary alicyclic amines) is 1. The van der Waals surface area contributed by atoms with Crippen molar-refractivity contribution in [3.63, 3.8) is 0 Å². The maximum absolute atomic E-state index is 13.5. The molecule has 4 rings (SSSR count). The van der Waals surface area contributed by atoms with E-state index in [9.17, 15) is 13.2 Å². The first kappa shape index (κ1) is 21.8. The fourth-order valence-corrected chi connectivity index (χ4v) is 6.45. The summed E-state index contributed by atoms with van der Waals surface area (Å²) >= 11 is 0. The SMILES string of the molecule is CC(C)CN1[C@@H]2CCN(C(=O)Cc3ccccc3)CC[C@H]2Oc2ccccc2S1(=O)=O. The van der Waals surface area contributed by atoms with E-state index in [4.69, 9.17) is 4.74 Å². The van der Waals surface area contributed by atoms with Crippen molar-refractivity contribution in [1.82, 2.24) is 9.21 Å². The molecule has 0 aromatic heterocycles. The molecule has 2 aromatic rings. The van der Waals surface area contributed by atoms with E-state index in [2.05, 4.69) is 0 Å². The lowest BCUT2D eigenvalue weighted by atomic mass is 10.0. The number of benzene rings is 2. The van der Waals surface area contributed by atoms with Crippen LogP contribution >= 0.6 is 0 Å². The van der Waals surface area contributed by atoms with Crippen LogP contribution in [0, 0.1) is 5.92 Å². The van der Waals surface area contributed by atoms with E-state index in [1.165, 1.54) is 0 Å². The van der Waals surface area contributed by atoms with Crippen LogP contribution in [0.25, 0.3) is 0 Å². The van der Waals surface area contributed by atoms with Gasteiger partial charge < -0.3 is 9.64 Å². The number of sulfonamides is 1. The van der Waals surface area contributed by atoms with Crippen molar-refractivity contribution in [2.45, 2.75) is 50.2 Å². The van der Waals surface area contributed by atoms with Gasteiger partial charge in [0.05, 0.1) is 12.5 Å². The summed E-state index contributed by atoms with van der Waals surface area (Å²) in [6.45, 7) is 5.56. The number of rotatable bonds is 4. The highest BCUT2D eigenvalue weighted by Crippen LogP contribution is 2.36. The second-order valence-corrected chi connectivity index (χ2v) is 10.6. The molecule has 2 atom stereocenters. The van der Waals surface area contributed by atoms with Gasteiger partial charge in [-0.2, -0.15) is 4.31 Å².